The van der Waals surface area contributed by atoms with Crippen LogP contribution >= 0.6 is 23.5 Å². The quantitative estimate of drug-likeness (QED) is 0.173. The first-order valence-corrected chi connectivity index (χ1v) is 17.9. The molecule has 2 aliphatic rings. The van der Waals surface area contributed by atoms with Gasteiger partial charge in [-0.1, -0.05) is 85.1 Å². The van der Waals surface area contributed by atoms with E-state index >= 15 is 0 Å². The number of piperazine rings is 1. The highest BCUT2D eigenvalue weighted by Crippen LogP contribution is 2.50. The van der Waals surface area contributed by atoms with Gasteiger partial charge in [0.2, 0.25) is 5.13 Å². The lowest BCUT2D eigenvalue weighted by molar-refractivity contribution is 0.0747. The van der Waals surface area contributed by atoms with Crippen molar-refractivity contribution in [1.29, 1.82) is 0 Å². The minimum Gasteiger partial charge on any atom is -0.343 e. The second-order valence-corrected chi connectivity index (χ2v) is 13.7. The minimum atomic E-state index is 0.0943. The molecule has 4 aromatic carbocycles. The van der Waals surface area contributed by atoms with Gasteiger partial charge in [0, 0.05) is 60.7 Å². The molecular formula is C38H39N5OS2. The summed E-state index contributed by atoms with van der Waals surface area (Å²) in [6.45, 7) is 12.5. The molecule has 7 rings (SSSR count). The molecule has 0 spiro atoms. The molecule has 2 aliphatic heterocycles. The van der Waals surface area contributed by atoms with E-state index in [2.05, 4.69) is 83.9 Å². The lowest BCUT2D eigenvalue weighted by Gasteiger charge is -2.36. The Kier molecular flexibility index (Phi) is 8.34. The maximum atomic E-state index is 14.0. The molecular weight excluding hydrogens is 607 g/mol. The van der Waals surface area contributed by atoms with Gasteiger partial charge >= 0.3 is 0 Å². The number of nitrogens with zero attached hydrogens (tertiary/aromatic N) is 5. The van der Waals surface area contributed by atoms with Crippen LogP contribution in [-0.2, 0) is 13.0 Å². The van der Waals surface area contributed by atoms with Crippen molar-refractivity contribution < 1.29 is 4.79 Å². The summed E-state index contributed by atoms with van der Waals surface area (Å²) in [5.41, 5.74) is 14.6. The van der Waals surface area contributed by atoms with Crippen LogP contribution in [0.2, 0.25) is 0 Å². The summed E-state index contributed by atoms with van der Waals surface area (Å²) < 4.78 is 7.02. The second-order valence-electron chi connectivity index (χ2n) is 12.2. The maximum absolute atomic E-state index is 14.0. The third-order valence-electron chi connectivity index (χ3n) is 9.48. The van der Waals surface area contributed by atoms with Crippen LogP contribution in [0.5, 0.6) is 0 Å². The Hall–Kier alpha value is -4.14. The number of hydrogen-bond donors (Lipinski definition) is 0. The molecule has 0 atom stereocenters. The average Bonchev–Trinajstić information content (AvgIpc) is 3.60. The molecule has 0 aliphatic carbocycles. The van der Waals surface area contributed by atoms with Crippen LogP contribution in [-0.4, -0.2) is 52.6 Å². The van der Waals surface area contributed by atoms with Crippen molar-refractivity contribution in [2.45, 2.75) is 40.7 Å². The summed E-state index contributed by atoms with van der Waals surface area (Å²) in [7, 11) is 0. The third kappa shape index (κ3) is 5.37. The largest absolute Gasteiger partial charge is 0.343 e. The normalized spacial score (nSPS) is 14.3. The molecule has 234 valence electrons. The van der Waals surface area contributed by atoms with E-state index in [1.54, 1.807) is 11.9 Å². The Morgan fingerprint density at radius 1 is 0.870 bits per heavy atom. The Bertz CT molecular complexity index is 1910. The van der Waals surface area contributed by atoms with Crippen LogP contribution in [0.25, 0.3) is 33.6 Å². The van der Waals surface area contributed by atoms with Gasteiger partial charge in [0.1, 0.15) is 0 Å². The van der Waals surface area contributed by atoms with Crippen molar-refractivity contribution in [3.63, 3.8) is 0 Å². The topological polar surface area (TPSA) is 52.6 Å². The molecule has 0 radical (unpaired) electrons. The van der Waals surface area contributed by atoms with Gasteiger partial charge in [0.15, 0.2) is 5.82 Å². The van der Waals surface area contributed by atoms with Gasteiger partial charge in [0.05, 0.1) is 12.2 Å². The van der Waals surface area contributed by atoms with Crippen LogP contribution in [0.1, 0.15) is 45.1 Å². The van der Waals surface area contributed by atoms with Gasteiger partial charge in [-0.25, -0.2) is 0 Å². The predicted molar refractivity (Wildman–Crippen MR) is 194 cm³/mol. The van der Waals surface area contributed by atoms with Gasteiger partial charge in [-0.05, 0) is 78.3 Å². The van der Waals surface area contributed by atoms with E-state index in [4.69, 9.17) is 4.98 Å². The first kappa shape index (κ1) is 30.5. The molecule has 46 heavy (non-hydrogen) atoms. The first-order valence-electron chi connectivity index (χ1n) is 16.0. The van der Waals surface area contributed by atoms with Crippen molar-refractivity contribution >= 4 is 40.2 Å². The van der Waals surface area contributed by atoms with Gasteiger partial charge < -0.3 is 14.1 Å². The van der Waals surface area contributed by atoms with Crippen LogP contribution in [0, 0.1) is 20.8 Å². The van der Waals surface area contributed by atoms with Crippen molar-refractivity contribution in [3.05, 3.63) is 106 Å². The number of rotatable bonds is 6. The highest BCUT2D eigenvalue weighted by molar-refractivity contribution is 7.99. The summed E-state index contributed by atoms with van der Waals surface area (Å²) in [6, 6.07) is 25.4. The molecule has 3 heterocycles. The molecule has 0 saturated carbocycles. The highest BCUT2D eigenvalue weighted by Gasteiger charge is 2.31. The summed E-state index contributed by atoms with van der Waals surface area (Å²) in [5, 5.41) is 0.913. The lowest BCUT2D eigenvalue weighted by atomic mass is 9.80. The molecule has 1 amide bonds. The molecule has 0 bridgehead atoms. The molecule has 1 fully saturated rings. The molecule has 6 nitrogen and oxygen atoms in total. The van der Waals surface area contributed by atoms with E-state index in [0.29, 0.717) is 13.1 Å². The Morgan fingerprint density at radius 3 is 2.30 bits per heavy atom. The number of fused-ring (bicyclic) bond motifs is 3. The number of hydrogen-bond acceptors (Lipinski definition) is 7. The molecule has 8 heteroatoms. The fourth-order valence-electron chi connectivity index (χ4n) is 7.04. The van der Waals surface area contributed by atoms with Crippen molar-refractivity contribution in [2.24, 2.45) is 0 Å². The fourth-order valence-corrected chi connectivity index (χ4v) is 8.46. The Labute approximate surface area is 280 Å². The number of aromatic nitrogens is 2. The lowest BCUT2D eigenvalue weighted by Crippen LogP contribution is -2.48. The summed E-state index contributed by atoms with van der Waals surface area (Å²) in [6.07, 6.45) is 3.12. The molecule has 0 N–H and O–H groups in total. The van der Waals surface area contributed by atoms with E-state index in [1.165, 1.54) is 67.3 Å². The maximum Gasteiger partial charge on any atom is 0.253 e. The average molecular weight is 646 g/mol. The van der Waals surface area contributed by atoms with Crippen LogP contribution in [0.3, 0.4) is 0 Å². The summed E-state index contributed by atoms with van der Waals surface area (Å²) >= 11 is 3.20. The van der Waals surface area contributed by atoms with Gasteiger partial charge in [-0.15, -0.1) is 0 Å². The Balaban J connectivity index is 1.19. The van der Waals surface area contributed by atoms with E-state index in [9.17, 15) is 4.79 Å². The zero-order valence-corrected chi connectivity index (χ0v) is 28.8. The molecule has 1 aromatic heterocycles. The molecule has 0 unspecified atom stereocenters. The molecule has 5 aromatic rings. The number of benzene rings is 4. The first-order chi connectivity index (χ1) is 22.4. The van der Waals surface area contributed by atoms with E-state index in [0.717, 1.165) is 48.1 Å². The number of amides is 1. The number of anilines is 2. The Morgan fingerprint density at radius 2 is 1.61 bits per heavy atom. The standard InChI is InChI=1S/C38H39N5OS2/c1-6-31-25(3)35-34(26(4)33(31)27-14-12-24(2)13-15-27)32-22-29(16-17-30(32)23-43(35)45-5)37(44)41-18-20-42(21-19-41)38-39-36(40-46-38)28-10-8-7-9-11-28/h7-17,22H,6,18-21,23H2,1-5H3. The van der Waals surface area contributed by atoms with E-state index < -0.39 is 0 Å². The highest BCUT2D eigenvalue weighted by atomic mass is 32.2. The fraction of sp³-hybridized carbons (Fsp3) is 0.289. The van der Waals surface area contributed by atoms with Gasteiger partial charge in [0.25, 0.3) is 5.91 Å². The zero-order valence-electron chi connectivity index (χ0n) is 27.1. The summed E-state index contributed by atoms with van der Waals surface area (Å²) in [5.74, 6) is 0.854. The zero-order chi connectivity index (χ0) is 31.9. The SMILES string of the molecule is CCc1c(C)c2c(c(C)c1-c1ccc(C)cc1)-c1cc(C(=O)N3CCN(c4nc(-c5ccccc5)ns4)CC3)ccc1CN2SC. The van der Waals surface area contributed by atoms with Gasteiger partial charge in [-0.2, -0.15) is 9.36 Å². The number of carbonyl (C=O) groups is 1. The van der Waals surface area contributed by atoms with E-state index in [-0.39, 0.29) is 5.91 Å². The number of carbonyl (C=O) groups excluding carboxylic acids is 1. The van der Waals surface area contributed by atoms with Crippen LogP contribution in [0.15, 0.2) is 72.8 Å². The predicted octanol–water partition coefficient (Wildman–Crippen LogP) is 8.59. The molecule has 1 saturated heterocycles. The van der Waals surface area contributed by atoms with Crippen molar-refractivity contribution in [2.75, 3.05) is 41.6 Å². The summed E-state index contributed by atoms with van der Waals surface area (Å²) in [4.78, 5) is 23.0. The number of aryl methyl sites for hydroxylation is 1. The van der Waals surface area contributed by atoms with Crippen molar-refractivity contribution in [1.82, 2.24) is 14.3 Å². The minimum absolute atomic E-state index is 0.0943. The third-order valence-corrected chi connectivity index (χ3v) is 11.0. The van der Waals surface area contributed by atoms with Crippen molar-refractivity contribution in [3.8, 4) is 33.6 Å². The smallest absolute Gasteiger partial charge is 0.253 e. The second kappa shape index (κ2) is 12.6. The monoisotopic (exact) mass is 645 g/mol. The van der Waals surface area contributed by atoms with Crippen LogP contribution in [0.4, 0.5) is 10.8 Å². The van der Waals surface area contributed by atoms with Crippen LogP contribution < -0.4 is 9.21 Å². The van der Waals surface area contributed by atoms with E-state index in [1.807, 2.05) is 41.3 Å². The van der Waals surface area contributed by atoms with Gasteiger partial charge in [-0.3, -0.25) is 4.79 Å².